The average molecular weight is 317 g/mol. The molecular weight excluding hydrogens is 303 g/mol. The van der Waals surface area contributed by atoms with E-state index in [4.69, 9.17) is 23.2 Å². The van der Waals surface area contributed by atoms with E-state index in [2.05, 4.69) is 5.32 Å². The molecule has 0 saturated carbocycles. The molecule has 1 aromatic rings. The van der Waals surface area contributed by atoms with Gasteiger partial charge in [-0.25, -0.2) is 4.79 Å². The highest BCUT2D eigenvalue weighted by atomic mass is 35.5. The number of aliphatic hydroxyl groups excluding tert-OH is 1. The quantitative estimate of drug-likeness (QED) is 0.841. The Hall–Kier alpha value is -1.30. The number of halogens is 2. The fourth-order valence-electron chi connectivity index (χ4n) is 2.02. The molecule has 0 aromatic heterocycles. The number of β-amino-alcohol motifs (C(OH)–C–C–N with tert-alkyl or cyclic N) is 1. The van der Waals surface area contributed by atoms with Gasteiger partial charge in [0, 0.05) is 15.6 Å². The summed E-state index contributed by atoms with van der Waals surface area (Å²) in [5, 5.41) is 13.5. The molecule has 1 saturated heterocycles. The van der Waals surface area contributed by atoms with E-state index >= 15 is 0 Å². The first-order chi connectivity index (χ1) is 9.22. The number of hydrogen-bond acceptors (Lipinski definition) is 3. The lowest BCUT2D eigenvalue weighted by Gasteiger charge is -2.20. The van der Waals surface area contributed by atoms with Crippen LogP contribution in [0.5, 0.6) is 0 Å². The van der Waals surface area contributed by atoms with Crippen molar-refractivity contribution in [2.75, 3.05) is 6.54 Å². The number of carbonyl (C=O) groups excluding carboxylic acids is 2. The largest absolute Gasteiger partial charge is 0.386 e. The fourth-order valence-corrected chi connectivity index (χ4v) is 2.45. The molecule has 0 spiro atoms. The lowest BCUT2D eigenvalue weighted by molar-refractivity contribution is -0.131. The third-order valence-electron chi connectivity index (χ3n) is 3.12. The number of rotatable bonds is 3. The van der Waals surface area contributed by atoms with Crippen LogP contribution in [0.1, 0.15) is 25.5 Å². The molecule has 0 radical (unpaired) electrons. The predicted octanol–water partition coefficient (Wildman–Crippen LogP) is 2.36. The second kappa shape index (κ2) is 5.24. The summed E-state index contributed by atoms with van der Waals surface area (Å²) >= 11 is 11.8. The highest BCUT2D eigenvalue weighted by Crippen LogP contribution is 2.28. The Kier molecular flexibility index (Phi) is 3.95. The van der Waals surface area contributed by atoms with Gasteiger partial charge in [0.1, 0.15) is 5.54 Å². The standard InChI is InChI=1S/C13H14Cl2N2O3/c1-13(2)11(19)17(12(20)16-13)6-10(18)8-5-7(14)3-4-9(8)15/h3-5,10,18H,6H2,1-2H3,(H,16,20)/t10-/m1/s1. The van der Waals surface area contributed by atoms with Crippen molar-refractivity contribution in [3.8, 4) is 0 Å². The minimum Gasteiger partial charge on any atom is -0.386 e. The normalized spacial score (nSPS) is 19.1. The Bertz CT molecular complexity index is 575. The monoisotopic (exact) mass is 316 g/mol. The number of aliphatic hydroxyl groups is 1. The minimum absolute atomic E-state index is 0.172. The van der Waals surface area contributed by atoms with Gasteiger partial charge < -0.3 is 10.4 Å². The summed E-state index contributed by atoms with van der Waals surface area (Å²) in [6.45, 7) is 3.03. The van der Waals surface area contributed by atoms with Crippen LogP contribution in [0.25, 0.3) is 0 Å². The molecule has 5 nitrogen and oxygen atoms in total. The summed E-state index contributed by atoms with van der Waals surface area (Å²) in [6.07, 6.45) is -1.09. The number of nitrogens with one attached hydrogen (secondary N) is 1. The fraction of sp³-hybridized carbons (Fsp3) is 0.385. The van der Waals surface area contributed by atoms with Crippen molar-refractivity contribution in [3.63, 3.8) is 0 Å². The molecule has 0 unspecified atom stereocenters. The van der Waals surface area contributed by atoms with E-state index in [1.807, 2.05) is 0 Å². The van der Waals surface area contributed by atoms with Crippen LogP contribution in [0.3, 0.4) is 0 Å². The summed E-state index contributed by atoms with van der Waals surface area (Å²) in [6, 6.07) is 4.13. The van der Waals surface area contributed by atoms with Crippen LogP contribution in [-0.2, 0) is 4.79 Å². The number of benzene rings is 1. The zero-order valence-electron chi connectivity index (χ0n) is 11.0. The van der Waals surface area contributed by atoms with E-state index < -0.39 is 17.7 Å². The number of urea groups is 1. The van der Waals surface area contributed by atoms with Crippen LogP contribution in [0.2, 0.25) is 10.0 Å². The number of nitrogens with zero attached hydrogens (tertiary/aromatic N) is 1. The van der Waals surface area contributed by atoms with Crippen LogP contribution in [0, 0.1) is 0 Å². The molecule has 1 aliphatic rings. The zero-order chi connectivity index (χ0) is 15.1. The second-order valence-electron chi connectivity index (χ2n) is 5.15. The second-order valence-corrected chi connectivity index (χ2v) is 6.00. The Morgan fingerprint density at radius 3 is 2.55 bits per heavy atom. The summed E-state index contributed by atoms with van der Waals surface area (Å²) in [4.78, 5) is 24.7. The lowest BCUT2D eigenvalue weighted by atomic mass is 10.1. The number of hydrogen-bond donors (Lipinski definition) is 2. The van der Waals surface area contributed by atoms with Crippen molar-refractivity contribution in [2.45, 2.75) is 25.5 Å². The maximum atomic E-state index is 12.0. The van der Waals surface area contributed by atoms with Gasteiger partial charge in [0.05, 0.1) is 12.6 Å². The SMILES string of the molecule is CC1(C)NC(=O)N(C[C@@H](O)c2cc(Cl)ccc2Cl)C1=O. The first kappa shape index (κ1) is 15.1. The molecule has 1 aliphatic heterocycles. The number of imide groups is 1. The minimum atomic E-state index is -1.09. The van der Waals surface area contributed by atoms with Gasteiger partial charge >= 0.3 is 6.03 Å². The number of carbonyl (C=O) groups is 2. The van der Waals surface area contributed by atoms with Crippen LogP contribution in [0.15, 0.2) is 18.2 Å². The van der Waals surface area contributed by atoms with E-state index in [0.717, 1.165) is 4.90 Å². The van der Waals surface area contributed by atoms with Crippen LogP contribution >= 0.6 is 23.2 Å². The van der Waals surface area contributed by atoms with Gasteiger partial charge in [0.15, 0.2) is 0 Å². The van der Waals surface area contributed by atoms with Gasteiger partial charge in [-0.15, -0.1) is 0 Å². The van der Waals surface area contributed by atoms with E-state index in [1.165, 1.54) is 6.07 Å². The Labute approximate surface area is 126 Å². The molecule has 7 heteroatoms. The molecule has 3 amide bonds. The molecule has 108 valence electrons. The molecule has 2 N–H and O–H groups in total. The number of amides is 3. The smallest absolute Gasteiger partial charge is 0.325 e. The van der Waals surface area contributed by atoms with E-state index in [1.54, 1.807) is 26.0 Å². The maximum Gasteiger partial charge on any atom is 0.325 e. The predicted molar refractivity (Wildman–Crippen MR) is 75.7 cm³/mol. The highest BCUT2D eigenvalue weighted by molar-refractivity contribution is 6.33. The molecule has 0 bridgehead atoms. The van der Waals surface area contributed by atoms with Gasteiger partial charge in [-0.1, -0.05) is 23.2 Å². The Morgan fingerprint density at radius 1 is 1.35 bits per heavy atom. The molecule has 0 aliphatic carbocycles. The molecule has 1 fully saturated rings. The van der Waals surface area contributed by atoms with Crippen molar-refractivity contribution < 1.29 is 14.7 Å². The van der Waals surface area contributed by atoms with Crippen molar-refractivity contribution >= 4 is 35.1 Å². The Balaban J connectivity index is 2.20. The van der Waals surface area contributed by atoms with Gasteiger partial charge in [-0.05, 0) is 32.0 Å². The maximum absolute atomic E-state index is 12.0. The van der Waals surface area contributed by atoms with E-state index in [9.17, 15) is 14.7 Å². The first-order valence-corrected chi connectivity index (χ1v) is 6.75. The van der Waals surface area contributed by atoms with Crippen molar-refractivity contribution in [2.24, 2.45) is 0 Å². The summed E-state index contributed by atoms with van der Waals surface area (Å²) < 4.78 is 0. The van der Waals surface area contributed by atoms with E-state index in [0.29, 0.717) is 15.6 Å². The van der Waals surface area contributed by atoms with E-state index in [-0.39, 0.29) is 12.5 Å². The zero-order valence-corrected chi connectivity index (χ0v) is 12.5. The van der Waals surface area contributed by atoms with Crippen molar-refractivity contribution in [1.82, 2.24) is 10.2 Å². The highest BCUT2D eigenvalue weighted by Gasteiger charge is 2.44. The van der Waals surface area contributed by atoms with Gasteiger partial charge in [0.2, 0.25) is 0 Å². The third-order valence-corrected chi connectivity index (χ3v) is 3.70. The lowest BCUT2D eigenvalue weighted by Crippen LogP contribution is -2.40. The van der Waals surface area contributed by atoms with Crippen molar-refractivity contribution in [3.05, 3.63) is 33.8 Å². The molecule has 2 rings (SSSR count). The third kappa shape index (κ3) is 2.75. The molecule has 1 aromatic carbocycles. The van der Waals surface area contributed by atoms with Gasteiger partial charge in [-0.2, -0.15) is 0 Å². The topological polar surface area (TPSA) is 69.6 Å². The molecule has 1 heterocycles. The first-order valence-electron chi connectivity index (χ1n) is 5.99. The van der Waals surface area contributed by atoms with Crippen LogP contribution in [0.4, 0.5) is 4.79 Å². The van der Waals surface area contributed by atoms with Crippen LogP contribution < -0.4 is 5.32 Å². The Morgan fingerprint density at radius 2 is 2.00 bits per heavy atom. The van der Waals surface area contributed by atoms with Gasteiger partial charge in [0.25, 0.3) is 5.91 Å². The van der Waals surface area contributed by atoms with Crippen LogP contribution in [-0.4, -0.2) is 34.0 Å². The van der Waals surface area contributed by atoms with Gasteiger partial charge in [-0.3, -0.25) is 9.69 Å². The summed E-state index contributed by atoms with van der Waals surface area (Å²) in [7, 11) is 0. The molecule has 1 atom stereocenters. The molecule has 20 heavy (non-hydrogen) atoms. The average Bonchev–Trinajstić information content (AvgIpc) is 2.54. The van der Waals surface area contributed by atoms with Crippen molar-refractivity contribution in [1.29, 1.82) is 0 Å². The molecular formula is C13H14Cl2N2O3. The summed E-state index contributed by atoms with van der Waals surface area (Å²) in [5.74, 6) is -0.389. The summed E-state index contributed by atoms with van der Waals surface area (Å²) in [5.41, 5.74) is -0.584.